The van der Waals surface area contributed by atoms with Crippen LogP contribution in [0.2, 0.25) is 5.02 Å². The lowest BCUT2D eigenvalue weighted by Crippen LogP contribution is -2.37. The van der Waals surface area contributed by atoms with Crippen molar-refractivity contribution in [2.75, 3.05) is 18.4 Å². The Bertz CT molecular complexity index is 1280. The zero-order chi connectivity index (χ0) is 24.1. The second-order valence-corrected chi connectivity index (χ2v) is 10.3. The van der Waals surface area contributed by atoms with Crippen LogP contribution in [0, 0.1) is 0 Å². The summed E-state index contributed by atoms with van der Waals surface area (Å²) in [4.78, 5) is 26.3. The molecule has 4 rings (SSSR count). The third-order valence-corrected chi connectivity index (χ3v) is 7.82. The van der Waals surface area contributed by atoms with Crippen molar-refractivity contribution in [2.45, 2.75) is 23.8 Å². The molecule has 0 bridgehead atoms. The summed E-state index contributed by atoms with van der Waals surface area (Å²) in [7, 11) is -3.73. The fourth-order valence-electron chi connectivity index (χ4n) is 3.81. The molecular formula is C25H24ClN3O4S. The van der Waals surface area contributed by atoms with Gasteiger partial charge in [0.15, 0.2) is 0 Å². The molecule has 7 nitrogen and oxygen atoms in total. The molecule has 9 heteroatoms. The minimum Gasteiger partial charge on any atom is -0.336 e. The highest BCUT2D eigenvalue weighted by atomic mass is 35.5. The molecule has 3 aromatic rings. The van der Waals surface area contributed by atoms with Crippen molar-refractivity contribution in [1.29, 1.82) is 0 Å². The van der Waals surface area contributed by atoms with Crippen molar-refractivity contribution in [1.82, 2.24) is 9.62 Å². The molecule has 1 unspecified atom stereocenters. The van der Waals surface area contributed by atoms with Gasteiger partial charge in [-0.2, -0.15) is 4.31 Å². The second kappa shape index (κ2) is 10.4. The van der Waals surface area contributed by atoms with Gasteiger partial charge in [0.2, 0.25) is 10.0 Å². The van der Waals surface area contributed by atoms with E-state index in [2.05, 4.69) is 10.6 Å². The molecule has 1 saturated heterocycles. The van der Waals surface area contributed by atoms with Crippen molar-refractivity contribution >= 4 is 39.1 Å². The first-order chi connectivity index (χ1) is 16.4. The van der Waals surface area contributed by atoms with Gasteiger partial charge in [-0.25, -0.2) is 8.42 Å². The van der Waals surface area contributed by atoms with Crippen LogP contribution < -0.4 is 10.6 Å². The van der Waals surface area contributed by atoms with E-state index in [-0.39, 0.29) is 15.5 Å². The summed E-state index contributed by atoms with van der Waals surface area (Å²) in [6, 6.07) is 20.7. The van der Waals surface area contributed by atoms with Gasteiger partial charge in [0, 0.05) is 18.8 Å². The topological polar surface area (TPSA) is 95.6 Å². The minimum atomic E-state index is -3.73. The molecule has 0 spiro atoms. The number of amides is 2. The van der Waals surface area contributed by atoms with Crippen molar-refractivity contribution < 1.29 is 18.0 Å². The molecule has 1 atom stereocenters. The smallest absolute Gasteiger partial charge is 0.253 e. The number of sulfonamides is 1. The van der Waals surface area contributed by atoms with E-state index in [0.29, 0.717) is 24.3 Å². The molecular weight excluding hydrogens is 474 g/mol. The number of carbonyl (C=O) groups is 2. The van der Waals surface area contributed by atoms with Crippen LogP contribution in [0.25, 0.3) is 0 Å². The van der Waals surface area contributed by atoms with Crippen LogP contribution in [0.3, 0.4) is 0 Å². The Morgan fingerprint density at radius 2 is 1.50 bits per heavy atom. The monoisotopic (exact) mass is 497 g/mol. The molecule has 176 valence electrons. The number of nitrogens with one attached hydrogen (secondary N) is 2. The zero-order valence-electron chi connectivity index (χ0n) is 18.3. The number of halogens is 1. The quantitative estimate of drug-likeness (QED) is 0.510. The zero-order valence-corrected chi connectivity index (χ0v) is 19.9. The van der Waals surface area contributed by atoms with Crippen LogP contribution in [0.5, 0.6) is 0 Å². The Balaban J connectivity index is 1.62. The molecule has 1 aliphatic rings. The number of nitrogens with zero attached hydrogens (tertiary/aromatic N) is 1. The lowest BCUT2D eigenvalue weighted by molar-refractivity contribution is -0.118. The van der Waals surface area contributed by atoms with Gasteiger partial charge < -0.3 is 10.6 Å². The SMILES string of the molecule is O=C(NC(C(=O)Nc1ccccc1)c1ccccc1)c1cc(S(=O)(=O)N2CCCC2)ccc1Cl. The first-order valence-corrected chi connectivity index (χ1v) is 12.7. The van der Waals surface area contributed by atoms with Gasteiger partial charge in [0.25, 0.3) is 11.8 Å². The highest BCUT2D eigenvalue weighted by Crippen LogP contribution is 2.26. The molecule has 34 heavy (non-hydrogen) atoms. The summed E-state index contributed by atoms with van der Waals surface area (Å²) in [5.74, 6) is -1.09. The molecule has 1 heterocycles. The summed E-state index contributed by atoms with van der Waals surface area (Å²) in [5, 5.41) is 5.60. The Morgan fingerprint density at radius 3 is 2.15 bits per heavy atom. The Morgan fingerprint density at radius 1 is 0.882 bits per heavy atom. The van der Waals surface area contributed by atoms with Gasteiger partial charge in [-0.1, -0.05) is 60.1 Å². The van der Waals surface area contributed by atoms with Crippen LogP contribution in [0.4, 0.5) is 5.69 Å². The summed E-state index contributed by atoms with van der Waals surface area (Å²) < 4.78 is 27.3. The summed E-state index contributed by atoms with van der Waals surface area (Å²) in [6.45, 7) is 0.893. The number of hydrogen-bond acceptors (Lipinski definition) is 4. The molecule has 0 saturated carbocycles. The molecule has 3 aromatic carbocycles. The Kier molecular flexibility index (Phi) is 7.31. The maximum absolute atomic E-state index is 13.2. The minimum absolute atomic E-state index is 0.00560. The van der Waals surface area contributed by atoms with E-state index >= 15 is 0 Å². The second-order valence-electron chi connectivity index (χ2n) is 7.93. The largest absolute Gasteiger partial charge is 0.336 e. The number of carbonyl (C=O) groups excluding carboxylic acids is 2. The van der Waals surface area contributed by atoms with Crippen LogP contribution in [0.1, 0.15) is 34.8 Å². The number of hydrogen-bond donors (Lipinski definition) is 2. The Labute approximate surface area is 203 Å². The first kappa shape index (κ1) is 23.9. The predicted molar refractivity (Wildman–Crippen MR) is 131 cm³/mol. The van der Waals surface area contributed by atoms with Crippen molar-refractivity contribution in [3.8, 4) is 0 Å². The standard InChI is InChI=1S/C25H24ClN3O4S/c26-22-14-13-20(34(32,33)29-15-7-8-16-29)17-21(22)24(30)28-23(18-9-3-1-4-10-18)25(31)27-19-11-5-2-6-12-19/h1-6,9-14,17,23H,7-8,15-16H2,(H,27,31)(H,28,30). The van der Waals surface area contributed by atoms with Gasteiger partial charge in [0.05, 0.1) is 15.5 Å². The van der Waals surface area contributed by atoms with Gasteiger partial charge in [-0.05, 0) is 48.7 Å². The van der Waals surface area contributed by atoms with Crippen LogP contribution in [-0.2, 0) is 14.8 Å². The molecule has 2 amide bonds. The van der Waals surface area contributed by atoms with Gasteiger partial charge in [0.1, 0.15) is 6.04 Å². The van der Waals surface area contributed by atoms with Crippen LogP contribution >= 0.6 is 11.6 Å². The molecule has 0 radical (unpaired) electrons. The fourth-order valence-corrected chi connectivity index (χ4v) is 5.55. The fraction of sp³-hybridized carbons (Fsp3) is 0.200. The summed E-state index contributed by atoms with van der Waals surface area (Å²) in [6.07, 6.45) is 1.60. The third-order valence-electron chi connectivity index (χ3n) is 5.60. The number of anilines is 1. The van der Waals surface area contributed by atoms with E-state index in [4.69, 9.17) is 11.6 Å². The maximum atomic E-state index is 13.2. The summed E-state index contributed by atoms with van der Waals surface area (Å²) in [5.41, 5.74) is 1.14. The van der Waals surface area contributed by atoms with E-state index in [1.165, 1.54) is 22.5 Å². The van der Waals surface area contributed by atoms with E-state index in [1.807, 2.05) is 6.07 Å². The average Bonchev–Trinajstić information content (AvgIpc) is 3.40. The highest BCUT2D eigenvalue weighted by Gasteiger charge is 2.29. The molecule has 2 N–H and O–H groups in total. The maximum Gasteiger partial charge on any atom is 0.253 e. The first-order valence-electron chi connectivity index (χ1n) is 10.9. The Hall–Kier alpha value is -3.20. The number of para-hydroxylation sites is 1. The lowest BCUT2D eigenvalue weighted by Gasteiger charge is -2.20. The lowest BCUT2D eigenvalue weighted by atomic mass is 10.0. The van der Waals surface area contributed by atoms with Crippen molar-refractivity contribution in [3.63, 3.8) is 0 Å². The number of rotatable bonds is 7. The van der Waals surface area contributed by atoms with E-state index in [0.717, 1.165) is 12.8 Å². The van der Waals surface area contributed by atoms with Crippen molar-refractivity contribution in [3.05, 3.63) is 95.0 Å². The van der Waals surface area contributed by atoms with Gasteiger partial charge >= 0.3 is 0 Å². The van der Waals surface area contributed by atoms with E-state index in [9.17, 15) is 18.0 Å². The molecule has 1 aliphatic heterocycles. The average molecular weight is 498 g/mol. The molecule has 1 fully saturated rings. The summed E-state index contributed by atoms with van der Waals surface area (Å²) >= 11 is 6.27. The van der Waals surface area contributed by atoms with Crippen molar-refractivity contribution in [2.24, 2.45) is 0 Å². The predicted octanol–water partition coefficient (Wildman–Crippen LogP) is 4.23. The van der Waals surface area contributed by atoms with Crippen LogP contribution in [0.15, 0.2) is 83.8 Å². The van der Waals surface area contributed by atoms with Gasteiger partial charge in [-0.3, -0.25) is 9.59 Å². The number of benzene rings is 3. The third kappa shape index (κ3) is 5.30. The van der Waals surface area contributed by atoms with Crippen LogP contribution in [-0.4, -0.2) is 37.6 Å². The molecule has 0 aromatic heterocycles. The molecule has 0 aliphatic carbocycles. The van der Waals surface area contributed by atoms with E-state index < -0.39 is 27.9 Å². The van der Waals surface area contributed by atoms with Gasteiger partial charge in [-0.15, -0.1) is 0 Å². The normalized spacial score (nSPS) is 15.0. The highest BCUT2D eigenvalue weighted by molar-refractivity contribution is 7.89. The van der Waals surface area contributed by atoms with E-state index in [1.54, 1.807) is 54.6 Å².